The number of rotatable bonds is 5. The monoisotopic (exact) mass is 338 g/mol. The highest BCUT2D eigenvalue weighted by molar-refractivity contribution is 4.94. The van der Waals surface area contributed by atoms with Gasteiger partial charge in [-0.05, 0) is 12.3 Å². The molecule has 0 spiro atoms. The normalized spacial score (nSPS) is 48.4. The fourth-order valence-corrected chi connectivity index (χ4v) is 3.23. The Balaban J connectivity index is 2.06. The zero-order chi connectivity index (χ0) is 17.1. The van der Waals surface area contributed by atoms with Gasteiger partial charge in [-0.25, -0.2) is 0 Å². The highest BCUT2D eigenvalue weighted by Crippen LogP contribution is 2.33. The van der Waals surface area contributed by atoms with Crippen LogP contribution in [0.1, 0.15) is 12.8 Å². The molecule has 23 heavy (non-hydrogen) atoms. The van der Waals surface area contributed by atoms with Crippen LogP contribution >= 0.6 is 0 Å². The van der Waals surface area contributed by atoms with E-state index < -0.39 is 61.5 Å². The molecule has 2 aliphatic rings. The minimum Gasteiger partial charge on any atom is -0.394 e. The van der Waals surface area contributed by atoms with Gasteiger partial charge >= 0.3 is 0 Å². The first kappa shape index (κ1) is 19.0. The van der Waals surface area contributed by atoms with Gasteiger partial charge < -0.3 is 44.8 Å². The number of ether oxygens (including phenoxy) is 3. The molecule has 0 aromatic heterocycles. The molecule has 2 fully saturated rings. The van der Waals surface area contributed by atoms with E-state index in [1.165, 1.54) is 7.11 Å². The van der Waals surface area contributed by atoms with Crippen molar-refractivity contribution in [3.63, 3.8) is 0 Å². The lowest BCUT2D eigenvalue weighted by Crippen LogP contribution is -2.59. The Bertz CT molecular complexity index is 356. The molecule has 0 aromatic rings. The summed E-state index contributed by atoms with van der Waals surface area (Å²) in [6.45, 7) is -0.885. The highest BCUT2D eigenvalue weighted by atomic mass is 16.7. The van der Waals surface area contributed by atoms with Gasteiger partial charge in [0.1, 0.15) is 30.5 Å². The summed E-state index contributed by atoms with van der Waals surface area (Å²) in [6, 6.07) is 0. The van der Waals surface area contributed by atoms with Crippen LogP contribution in [0.5, 0.6) is 0 Å². The summed E-state index contributed by atoms with van der Waals surface area (Å²) >= 11 is 0. The van der Waals surface area contributed by atoms with Crippen LogP contribution in [0, 0.1) is 5.92 Å². The van der Waals surface area contributed by atoms with Gasteiger partial charge in [0.2, 0.25) is 0 Å². The summed E-state index contributed by atoms with van der Waals surface area (Å²) < 4.78 is 15.9. The Morgan fingerprint density at radius 2 is 1.39 bits per heavy atom. The van der Waals surface area contributed by atoms with E-state index in [4.69, 9.17) is 14.2 Å². The van der Waals surface area contributed by atoms with Crippen molar-refractivity contribution in [2.24, 2.45) is 5.92 Å². The third-order valence-corrected chi connectivity index (χ3v) is 4.65. The number of aliphatic hydroxyl groups excluding tert-OH is 6. The predicted octanol–water partition coefficient (Wildman–Crippen LogP) is -3.05. The maximum absolute atomic E-state index is 10.3. The predicted molar refractivity (Wildman–Crippen MR) is 75.3 cm³/mol. The molecule has 0 aliphatic carbocycles. The lowest BCUT2D eigenvalue weighted by molar-refractivity contribution is -0.257. The average molecular weight is 338 g/mol. The first-order chi connectivity index (χ1) is 10.9. The second kappa shape index (κ2) is 8.15. The lowest BCUT2D eigenvalue weighted by Gasteiger charge is -2.44. The van der Waals surface area contributed by atoms with Crippen LogP contribution in [-0.2, 0) is 14.2 Å². The van der Waals surface area contributed by atoms with E-state index in [-0.39, 0.29) is 13.0 Å². The first-order valence-corrected chi connectivity index (χ1v) is 7.70. The van der Waals surface area contributed by atoms with Gasteiger partial charge in [-0.15, -0.1) is 0 Å². The molecule has 2 rings (SSSR count). The number of aliphatic hydroxyl groups is 6. The van der Waals surface area contributed by atoms with E-state index in [0.29, 0.717) is 6.42 Å². The molecule has 9 atom stereocenters. The maximum Gasteiger partial charge on any atom is 0.158 e. The van der Waals surface area contributed by atoms with Crippen molar-refractivity contribution in [2.45, 2.75) is 61.9 Å². The van der Waals surface area contributed by atoms with E-state index in [1.807, 2.05) is 0 Å². The van der Waals surface area contributed by atoms with E-state index >= 15 is 0 Å². The molecule has 0 aromatic carbocycles. The molecule has 0 amide bonds. The first-order valence-electron chi connectivity index (χ1n) is 7.70. The third-order valence-electron chi connectivity index (χ3n) is 4.65. The molecule has 136 valence electrons. The van der Waals surface area contributed by atoms with Crippen LogP contribution < -0.4 is 0 Å². The number of methoxy groups -OCH3 is 1. The molecule has 9 heteroatoms. The third kappa shape index (κ3) is 4.01. The van der Waals surface area contributed by atoms with Crippen LogP contribution in [0.25, 0.3) is 0 Å². The maximum atomic E-state index is 10.3. The van der Waals surface area contributed by atoms with Crippen molar-refractivity contribution in [1.29, 1.82) is 0 Å². The minimum atomic E-state index is -1.45. The molecule has 2 aliphatic heterocycles. The molecule has 0 radical (unpaired) electrons. The average Bonchev–Trinajstić information content (AvgIpc) is 2.56. The molecule has 6 N–H and O–H groups in total. The fourth-order valence-electron chi connectivity index (χ4n) is 3.23. The summed E-state index contributed by atoms with van der Waals surface area (Å²) in [6.07, 6.45) is -8.00. The zero-order valence-corrected chi connectivity index (χ0v) is 12.9. The Hall–Kier alpha value is -0.360. The van der Waals surface area contributed by atoms with E-state index in [9.17, 15) is 30.6 Å². The van der Waals surface area contributed by atoms with E-state index in [0.717, 1.165) is 0 Å². The molecule has 2 saturated heterocycles. The quantitative estimate of drug-likeness (QED) is 0.307. The van der Waals surface area contributed by atoms with E-state index in [1.54, 1.807) is 0 Å². The Morgan fingerprint density at radius 3 is 1.96 bits per heavy atom. The molecule has 0 bridgehead atoms. The Morgan fingerprint density at radius 1 is 0.826 bits per heavy atom. The van der Waals surface area contributed by atoms with Crippen molar-refractivity contribution in [3.05, 3.63) is 0 Å². The van der Waals surface area contributed by atoms with Gasteiger partial charge in [0.05, 0.1) is 25.4 Å². The summed E-state index contributed by atoms with van der Waals surface area (Å²) in [7, 11) is 1.45. The summed E-state index contributed by atoms with van der Waals surface area (Å²) in [5.41, 5.74) is 0. The second-order valence-electron chi connectivity index (χ2n) is 6.11. The molecule has 9 nitrogen and oxygen atoms in total. The van der Waals surface area contributed by atoms with Crippen LogP contribution in [-0.4, -0.2) is 100.0 Å². The smallest absolute Gasteiger partial charge is 0.158 e. The van der Waals surface area contributed by atoms with Gasteiger partial charge in [-0.3, -0.25) is 0 Å². The van der Waals surface area contributed by atoms with Gasteiger partial charge in [-0.1, -0.05) is 0 Å². The largest absolute Gasteiger partial charge is 0.394 e. The number of hydrogen-bond donors (Lipinski definition) is 6. The summed E-state index contributed by atoms with van der Waals surface area (Å²) in [4.78, 5) is 0. The van der Waals surface area contributed by atoms with Crippen LogP contribution in [0.4, 0.5) is 0 Å². The van der Waals surface area contributed by atoms with Crippen molar-refractivity contribution in [3.8, 4) is 0 Å². The minimum absolute atomic E-state index is 0.155. The molecule has 0 unspecified atom stereocenters. The molecular weight excluding hydrogens is 312 g/mol. The standard InChI is InChI=1S/C14H26O9/c1-21-10-3-6(11(17)8(4-15)23-10)2-7-12(18)14(20)13(19)9(5-16)22-7/h6-20H,2-5H2,1H3/t6-,7-,8-,9-,10+,11+,12+,13+,14-/m1/s1. The SMILES string of the molecule is CO[C@@H]1C[C@@H](C[C@H]2O[C@H](CO)[C@H](O)[C@H](O)[C@H]2O)[C@H](O)[C@@H](CO)O1. The Kier molecular flexibility index (Phi) is 6.72. The molecule has 2 heterocycles. The second-order valence-corrected chi connectivity index (χ2v) is 6.11. The van der Waals surface area contributed by atoms with Crippen molar-refractivity contribution in [1.82, 2.24) is 0 Å². The van der Waals surface area contributed by atoms with Crippen molar-refractivity contribution in [2.75, 3.05) is 20.3 Å². The van der Waals surface area contributed by atoms with Crippen LogP contribution in [0.15, 0.2) is 0 Å². The summed E-state index contributed by atoms with van der Waals surface area (Å²) in [5, 5.41) is 58.4. The van der Waals surface area contributed by atoms with Crippen molar-refractivity contribution < 1.29 is 44.8 Å². The van der Waals surface area contributed by atoms with Crippen molar-refractivity contribution >= 4 is 0 Å². The molecular formula is C14H26O9. The van der Waals surface area contributed by atoms with Gasteiger partial charge in [-0.2, -0.15) is 0 Å². The highest BCUT2D eigenvalue weighted by Gasteiger charge is 2.46. The summed E-state index contributed by atoms with van der Waals surface area (Å²) in [5.74, 6) is -0.410. The topological polar surface area (TPSA) is 149 Å². The fraction of sp³-hybridized carbons (Fsp3) is 1.00. The molecule has 0 saturated carbocycles. The van der Waals surface area contributed by atoms with Gasteiger partial charge in [0, 0.05) is 13.5 Å². The zero-order valence-electron chi connectivity index (χ0n) is 12.9. The lowest BCUT2D eigenvalue weighted by atomic mass is 9.83. The van der Waals surface area contributed by atoms with Gasteiger partial charge in [0.25, 0.3) is 0 Å². The van der Waals surface area contributed by atoms with E-state index in [2.05, 4.69) is 0 Å². The Labute approximate surface area is 134 Å². The van der Waals surface area contributed by atoms with Crippen LogP contribution in [0.3, 0.4) is 0 Å². The van der Waals surface area contributed by atoms with Gasteiger partial charge in [0.15, 0.2) is 6.29 Å². The van der Waals surface area contributed by atoms with Crippen LogP contribution in [0.2, 0.25) is 0 Å². The number of hydrogen-bond acceptors (Lipinski definition) is 9.